The summed E-state index contributed by atoms with van der Waals surface area (Å²) in [5.74, 6) is 0. The van der Waals surface area contributed by atoms with Gasteiger partial charge in [-0.2, -0.15) is 0 Å². The van der Waals surface area contributed by atoms with Gasteiger partial charge in [-0.05, 0) is 32.2 Å². The maximum absolute atomic E-state index is 5.80. The van der Waals surface area contributed by atoms with Crippen LogP contribution in [0.5, 0.6) is 0 Å². The van der Waals surface area contributed by atoms with Crippen molar-refractivity contribution >= 4 is 22.9 Å². The summed E-state index contributed by atoms with van der Waals surface area (Å²) in [5.41, 5.74) is 0. The van der Waals surface area contributed by atoms with Crippen LogP contribution >= 0.6 is 22.9 Å². The summed E-state index contributed by atoms with van der Waals surface area (Å²) in [4.78, 5) is 4.19. The molecule has 1 aliphatic heterocycles. The Morgan fingerprint density at radius 2 is 2.50 bits per heavy atom. The topological polar surface area (TPSA) is 34.2 Å². The number of aromatic nitrogens is 1. The zero-order valence-electron chi connectivity index (χ0n) is 9.25. The van der Waals surface area contributed by atoms with E-state index in [9.17, 15) is 0 Å². The highest BCUT2D eigenvalue weighted by Crippen LogP contribution is 2.18. The van der Waals surface area contributed by atoms with E-state index in [1.54, 1.807) is 6.20 Å². The van der Waals surface area contributed by atoms with Crippen LogP contribution in [0.1, 0.15) is 30.7 Å². The number of ether oxygens (including phenoxy) is 1. The van der Waals surface area contributed by atoms with Gasteiger partial charge in [0.15, 0.2) is 0 Å². The Morgan fingerprint density at radius 1 is 1.56 bits per heavy atom. The molecule has 1 aromatic rings. The van der Waals surface area contributed by atoms with Crippen LogP contribution in [-0.4, -0.2) is 24.2 Å². The largest absolute Gasteiger partial charge is 0.378 e. The first-order chi connectivity index (χ1) is 7.84. The van der Waals surface area contributed by atoms with Gasteiger partial charge in [0.1, 0.15) is 9.34 Å². The third kappa shape index (κ3) is 4.01. The van der Waals surface area contributed by atoms with Crippen LogP contribution in [0.3, 0.4) is 0 Å². The van der Waals surface area contributed by atoms with Gasteiger partial charge in [0, 0.05) is 13.2 Å². The van der Waals surface area contributed by atoms with E-state index < -0.39 is 0 Å². The van der Waals surface area contributed by atoms with Crippen molar-refractivity contribution in [2.24, 2.45) is 0 Å². The molecule has 0 bridgehead atoms. The molecule has 0 aromatic carbocycles. The molecule has 1 N–H and O–H groups in total. The Bertz CT molecular complexity index is 313. The first kappa shape index (κ1) is 12.3. The van der Waals surface area contributed by atoms with E-state index in [0.717, 1.165) is 35.5 Å². The maximum atomic E-state index is 5.80. The van der Waals surface area contributed by atoms with Gasteiger partial charge in [0.2, 0.25) is 0 Å². The minimum absolute atomic E-state index is 0.459. The average molecular weight is 261 g/mol. The molecule has 2 rings (SSSR count). The Hall–Kier alpha value is -0.160. The maximum Gasteiger partial charge on any atom is 0.113 e. The molecule has 3 nitrogen and oxygen atoms in total. The third-order valence-corrected chi connectivity index (χ3v) is 3.83. The van der Waals surface area contributed by atoms with Crippen molar-refractivity contribution in [3.63, 3.8) is 0 Å². The molecular weight excluding hydrogens is 244 g/mol. The summed E-state index contributed by atoms with van der Waals surface area (Å²) in [5, 5.41) is 4.42. The van der Waals surface area contributed by atoms with Crippen molar-refractivity contribution in [2.45, 2.75) is 38.3 Å². The number of nitrogens with one attached hydrogen (secondary N) is 1. The molecule has 1 saturated heterocycles. The van der Waals surface area contributed by atoms with E-state index in [1.165, 1.54) is 30.6 Å². The molecule has 1 atom stereocenters. The highest BCUT2D eigenvalue weighted by molar-refractivity contribution is 7.15. The van der Waals surface area contributed by atoms with Gasteiger partial charge in [0.25, 0.3) is 0 Å². The van der Waals surface area contributed by atoms with Gasteiger partial charge in [0.05, 0.1) is 12.3 Å². The number of rotatable bonds is 5. The molecule has 0 amide bonds. The lowest BCUT2D eigenvalue weighted by Gasteiger charge is -2.22. The van der Waals surface area contributed by atoms with Crippen molar-refractivity contribution < 1.29 is 4.74 Å². The fourth-order valence-electron chi connectivity index (χ4n) is 1.86. The first-order valence-corrected chi connectivity index (χ1v) is 6.96. The first-order valence-electron chi connectivity index (χ1n) is 5.77. The lowest BCUT2D eigenvalue weighted by atomic mass is 10.1. The van der Waals surface area contributed by atoms with Gasteiger partial charge in [-0.1, -0.05) is 11.6 Å². The van der Waals surface area contributed by atoms with Crippen molar-refractivity contribution in [2.75, 3.05) is 13.2 Å². The van der Waals surface area contributed by atoms with Gasteiger partial charge in [-0.25, -0.2) is 4.98 Å². The van der Waals surface area contributed by atoms with E-state index in [-0.39, 0.29) is 0 Å². The van der Waals surface area contributed by atoms with Crippen molar-refractivity contribution in [1.29, 1.82) is 0 Å². The Balaban J connectivity index is 1.57. The van der Waals surface area contributed by atoms with Crippen LogP contribution in [0.2, 0.25) is 4.34 Å². The van der Waals surface area contributed by atoms with Crippen LogP contribution in [0, 0.1) is 0 Å². The Morgan fingerprint density at radius 3 is 3.19 bits per heavy atom. The molecule has 0 radical (unpaired) electrons. The van der Waals surface area contributed by atoms with Crippen LogP contribution < -0.4 is 5.32 Å². The second kappa shape index (κ2) is 6.55. The zero-order valence-corrected chi connectivity index (χ0v) is 10.8. The van der Waals surface area contributed by atoms with Crippen LogP contribution in [0.15, 0.2) is 6.20 Å². The molecule has 1 aliphatic rings. The Labute approximate surface area is 105 Å². The third-order valence-electron chi connectivity index (χ3n) is 2.72. The summed E-state index contributed by atoms with van der Waals surface area (Å²) >= 11 is 7.34. The number of hydrogen-bond acceptors (Lipinski definition) is 4. The van der Waals surface area contributed by atoms with E-state index in [0.29, 0.717) is 6.10 Å². The molecule has 5 heteroatoms. The van der Waals surface area contributed by atoms with Crippen molar-refractivity contribution in [3.05, 3.63) is 15.5 Å². The van der Waals surface area contributed by atoms with E-state index >= 15 is 0 Å². The number of thiazole rings is 1. The fourth-order valence-corrected chi connectivity index (χ4v) is 2.79. The summed E-state index contributed by atoms with van der Waals surface area (Å²) in [6.07, 6.45) is 7.01. The lowest BCUT2D eigenvalue weighted by Crippen LogP contribution is -2.25. The summed E-state index contributed by atoms with van der Waals surface area (Å²) < 4.78 is 6.42. The highest BCUT2D eigenvalue weighted by Gasteiger charge is 2.12. The molecule has 0 spiro atoms. The van der Waals surface area contributed by atoms with E-state index in [2.05, 4.69) is 10.3 Å². The van der Waals surface area contributed by atoms with E-state index in [1.807, 2.05) is 0 Å². The molecule has 0 aliphatic carbocycles. The number of hydrogen-bond donors (Lipinski definition) is 1. The molecule has 16 heavy (non-hydrogen) atoms. The second-order valence-corrected chi connectivity index (χ2v) is 5.76. The van der Waals surface area contributed by atoms with Gasteiger partial charge in [-0.3, -0.25) is 0 Å². The summed E-state index contributed by atoms with van der Waals surface area (Å²) in [6.45, 7) is 2.73. The highest BCUT2D eigenvalue weighted by atomic mass is 35.5. The summed E-state index contributed by atoms with van der Waals surface area (Å²) in [6, 6.07) is 0. The SMILES string of the molecule is Clc1cnc(CNCCC2CCCCO2)s1. The molecule has 90 valence electrons. The molecule has 1 aromatic heterocycles. The normalized spacial score (nSPS) is 21.2. The van der Waals surface area contributed by atoms with Crippen LogP contribution in [0.4, 0.5) is 0 Å². The van der Waals surface area contributed by atoms with E-state index in [4.69, 9.17) is 16.3 Å². The van der Waals surface area contributed by atoms with Gasteiger partial charge in [-0.15, -0.1) is 11.3 Å². The average Bonchev–Trinajstić information content (AvgIpc) is 2.72. The molecule has 1 fully saturated rings. The van der Waals surface area contributed by atoms with Gasteiger partial charge >= 0.3 is 0 Å². The minimum Gasteiger partial charge on any atom is -0.378 e. The summed E-state index contributed by atoms with van der Waals surface area (Å²) in [7, 11) is 0. The lowest BCUT2D eigenvalue weighted by molar-refractivity contribution is 0.0115. The minimum atomic E-state index is 0.459. The molecule has 2 heterocycles. The van der Waals surface area contributed by atoms with Crippen LogP contribution in [0.25, 0.3) is 0 Å². The molecule has 0 saturated carbocycles. The number of nitrogens with zero attached hydrogens (tertiary/aromatic N) is 1. The smallest absolute Gasteiger partial charge is 0.113 e. The zero-order chi connectivity index (χ0) is 11.2. The molecule has 1 unspecified atom stereocenters. The predicted octanol–water partition coefficient (Wildman–Crippen LogP) is 2.85. The fraction of sp³-hybridized carbons (Fsp3) is 0.727. The molecular formula is C11H17ClN2OS. The predicted molar refractivity (Wildman–Crippen MR) is 67.0 cm³/mol. The number of halogens is 1. The monoisotopic (exact) mass is 260 g/mol. The quantitative estimate of drug-likeness (QED) is 0.827. The van der Waals surface area contributed by atoms with Gasteiger partial charge < -0.3 is 10.1 Å². The van der Waals surface area contributed by atoms with Crippen molar-refractivity contribution in [1.82, 2.24) is 10.3 Å². The Kier molecular flexibility index (Phi) is 5.03. The van der Waals surface area contributed by atoms with Crippen molar-refractivity contribution in [3.8, 4) is 0 Å². The van der Waals surface area contributed by atoms with Crippen LogP contribution in [-0.2, 0) is 11.3 Å². The second-order valence-electron chi connectivity index (χ2n) is 4.01. The standard InChI is InChI=1S/C11H17ClN2OS/c12-10-7-14-11(16-10)8-13-5-4-9-3-1-2-6-15-9/h7,9,13H,1-6,8H2.